The van der Waals surface area contributed by atoms with Gasteiger partial charge in [0, 0.05) is 18.3 Å². The number of phenols is 1. The van der Waals surface area contributed by atoms with Gasteiger partial charge in [0.1, 0.15) is 11.2 Å². The summed E-state index contributed by atoms with van der Waals surface area (Å²) in [6.07, 6.45) is 4.22. The molecule has 0 unspecified atom stereocenters. The summed E-state index contributed by atoms with van der Waals surface area (Å²) in [7, 11) is 0. The van der Waals surface area contributed by atoms with Gasteiger partial charge < -0.3 is 10.0 Å². The molecule has 1 aliphatic carbocycles. The van der Waals surface area contributed by atoms with Crippen molar-refractivity contribution in [3.05, 3.63) is 24.3 Å². The number of phenolic OH excluding ortho intramolecular Hbond substituents is 1. The number of nitrogens with zero attached hydrogens (tertiary/aromatic N) is 2. The van der Waals surface area contributed by atoms with Crippen LogP contribution >= 0.6 is 0 Å². The molecule has 4 nitrogen and oxygen atoms in total. The molecule has 1 N–H and O–H groups in total. The molecular weight excluding hydrogens is 252 g/mol. The topological polar surface area (TPSA) is 64.3 Å². The maximum absolute atomic E-state index is 12.8. The Morgan fingerprint density at radius 2 is 2.10 bits per heavy atom. The number of carbonyl (C=O) groups is 1. The van der Waals surface area contributed by atoms with Crippen LogP contribution in [0.25, 0.3) is 0 Å². The molecule has 1 saturated carbocycles. The van der Waals surface area contributed by atoms with E-state index in [0.717, 1.165) is 19.3 Å². The van der Waals surface area contributed by atoms with Crippen molar-refractivity contribution in [2.75, 3.05) is 11.4 Å². The zero-order valence-corrected chi connectivity index (χ0v) is 11.8. The lowest BCUT2D eigenvalue weighted by molar-refractivity contribution is -0.126. The zero-order chi connectivity index (χ0) is 14.6. The Kier molecular flexibility index (Phi) is 4.29. The number of hydrogen-bond acceptors (Lipinski definition) is 3. The van der Waals surface area contributed by atoms with Crippen LogP contribution in [0.3, 0.4) is 0 Å². The first-order chi connectivity index (χ1) is 9.63. The van der Waals surface area contributed by atoms with Gasteiger partial charge in [0.25, 0.3) is 0 Å². The quantitative estimate of drug-likeness (QED) is 0.918. The summed E-state index contributed by atoms with van der Waals surface area (Å²) in [5.41, 5.74) is -0.239. The number of aromatic hydroxyl groups is 1. The Bertz CT molecular complexity index is 528. The lowest BCUT2D eigenvalue weighted by Gasteiger charge is -2.34. The predicted molar refractivity (Wildman–Crippen MR) is 77.3 cm³/mol. The molecule has 1 amide bonds. The number of amides is 1. The monoisotopic (exact) mass is 272 g/mol. The van der Waals surface area contributed by atoms with Crippen LogP contribution < -0.4 is 4.90 Å². The fraction of sp³-hybridized carbons (Fsp3) is 0.500. The zero-order valence-electron chi connectivity index (χ0n) is 11.8. The predicted octanol–water partition coefficient (Wildman–Crippen LogP) is 3.22. The van der Waals surface area contributed by atoms with Gasteiger partial charge in [-0.25, -0.2) is 0 Å². The van der Waals surface area contributed by atoms with Crippen molar-refractivity contribution < 1.29 is 9.90 Å². The Labute approximate surface area is 119 Å². The van der Waals surface area contributed by atoms with Crippen molar-refractivity contribution in [1.82, 2.24) is 0 Å². The van der Waals surface area contributed by atoms with Gasteiger partial charge in [-0.3, -0.25) is 4.79 Å². The second kappa shape index (κ2) is 5.96. The number of benzene rings is 1. The Hall–Kier alpha value is -2.02. The molecule has 0 spiro atoms. The van der Waals surface area contributed by atoms with Gasteiger partial charge in [-0.05, 0) is 31.9 Å². The second-order valence-electron chi connectivity index (χ2n) is 5.32. The van der Waals surface area contributed by atoms with E-state index in [0.29, 0.717) is 25.1 Å². The molecule has 0 heterocycles. The third kappa shape index (κ3) is 2.62. The maximum Gasteiger partial charge on any atom is 0.247 e. The van der Waals surface area contributed by atoms with E-state index in [-0.39, 0.29) is 11.7 Å². The molecule has 106 valence electrons. The lowest BCUT2D eigenvalue weighted by Crippen LogP contribution is -2.44. The number of rotatable bonds is 3. The largest absolute Gasteiger partial charge is 0.508 e. The van der Waals surface area contributed by atoms with Gasteiger partial charge in [0.05, 0.1) is 6.07 Å². The summed E-state index contributed by atoms with van der Waals surface area (Å²) < 4.78 is 0. The first kappa shape index (κ1) is 14.4. The Morgan fingerprint density at radius 1 is 1.40 bits per heavy atom. The number of anilines is 1. The van der Waals surface area contributed by atoms with Gasteiger partial charge in [-0.2, -0.15) is 5.26 Å². The summed E-state index contributed by atoms with van der Waals surface area (Å²) in [5.74, 6) is -0.00352. The first-order valence-electron chi connectivity index (χ1n) is 7.15. The standard InChI is InChI=1S/C16H20N2O2/c1-2-18(13-7-6-8-14(19)11-13)15(20)16(12-17)9-4-3-5-10-16/h6-8,11,19H,2-5,9-10H2,1H3. The highest BCUT2D eigenvalue weighted by atomic mass is 16.3. The van der Waals surface area contributed by atoms with E-state index in [4.69, 9.17) is 0 Å². The normalized spacial score (nSPS) is 17.2. The molecular formula is C16H20N2O2. The van der Waals surface area contributed by atoms with Crippen LogP contribution in [-0.2, 0) is 4.79 Å². The Morgan fingerprint density at radius 3 is 2.65 bits per heavy atom. The molecule has 0 aromatic heterocycles. The van der Waals surface area contributed by atoms with Crippen LogP contribution in [0.15, 0.2) is 24.3 Å². The minimum Gasteiger partial charge on any atom is -0.508 e. The van der Waals surface area contributed by atoms with Crippen molar-refractivity contribution in [3.8, 4) is 11.8 Å². The minimum absolute atomic E-state index is 0.128. The van der Waals surface area contributed by atoms with E-state index in [1.165, 1.54) is 0 Å². The summed E-state index contributed by atoms with van der Waals surface area (Å²) >= 11 is 0. The molecule has 0 bridgehead atoms. The number of carbonyl (C=O) groups excluding carboxylic acids is 1. The molecule has 1 aromatic rings. The summed E-state index contributed by atoms with van der Waals surface area (Å²) in [4.78, 5) is 14.4. The highest BCUT2D eigenvalue weighted by Crippen LogP contribution is 2.38. The fourth-order valence-corrected chi connectivity index (χ4v) is 2.89. The van der Waals surface area contributed by atoms with Crippen molar-refractivity contribution >= 4 is 11.6 Å². The van der Waals surface area contributed by atoms with Crippen LogP contribution in [0.1, 0.15) is 39.0 Å². The van der Waals surface area contributed by atoms with E-state index in [2.05, 4.69) is 6.07 Å². The lowest BCUT2D eigenvalue weighted by atomic mass is 9.74. The molecule has 0 saturated heterocycles. The van der Waals surface area contributed by atoms with E-state index in [1.807, 2.05) is 6.92 Å². The molecule has 0 radical (unpaired) electrons. The molecule has 0 aliphatic heterocycles. The molecule has 20 heavy (non-hydrogen) atoms. The summed E-state index contributed by atoms with van der Waals surface area (Å²) in [5, 5.41) is 19.1. The SMILES string of the molecule is CCN(C(=O)C1(C#N)CCCCC1)c1cccc(O)c1. The van der Waals surface area contributed by atoms with Gasteiger partial charge in [-0.15, -0.1) is 0 Å². The summed E-state index contributed by atoms with van der Waals surface area (Å²) in [6.45, 7) is 2.38. The molecule has 2 rings (SSSR count). The average Bonchev–Trinajstić information content (AvgIpc) is 2.48. The van der Waals surface area contributed by atoms with Crippen molar-refractivity contribution in [2.45, 2.75) is 39.0 Å². The van der Waals surface area contributed by atoms with Gasteiger partial charge in [-0.1, -0.05) is 25.3 Å². The third-order valence-corrected chi connectivity index (χ3v) is 4.03. The van der Waals surface area contributed by atoms with E-state index in [1.54, 1.807) is 29.2 Å². The van der Waals surface area contributed by atoms with E-state index < -0.39 is 5.41 Å². The smallest absolute Gasteiger partial charge is 0.247 e. The molecule has 1 fully saturated rings. The highest BCUT2D eigenvalue weighted by molar-refractivity contribution is 5.99. The van der Waals surface area contributed by atoms with Crippen molar-refractivity contribution in [2.24, 2.45) is 5.41 Å². The highest BCUT2D eigenvalue weighted by Gasteiger charge is 2.42. The van der Waals surface area contributed by atoms with E-state index in [9.17, 15) is 15.2 Å². The van der Waals surface area contributed by atoms with Crippen LogP contribution in [0.5, 0.6) is 5.75 Å². The number of hydrogen-bond donors (Lipinski definition) is 1. The van der Waals surface area contributed by atoms with Crippen molar-refractivity contribution in [1.29, 1.82) is 5.26 Å². The third-order valence-electron chi connectivity index (χ3n) is 4.03. The second-order valence-corrected chi connectivity index (χ2v) is 5.32. The molecule has 0 atom stereocenters. The molecule has 1 aliphatic rings. The molecule has 4 heteroatoms. The summed E-state index contributed by atoms with van der Waals surface area (Å²) in [6, 6.07) is 8.89. The van der Waals surface area contributed by atoms with Crippen LogP contribution in [0.2, 0.25) is 0 Å². The minimum atomic E-state index is -0.889. The van der Waals surface area contributed by atoms with Crippen LogP contribution in [0.4, 0.5) is 5.69 Å². The first-order valence-corrected chi connectivity index (χ1v) is 7.15. The maximum atomic E-state index is 12.8. The van der Waals surface area contributed by atoms with Crippen LogP contribution in [-0.4, -0.2) is 17.6 Å². The van der Waals surface area contributed by atoms with Crippen LogP contribution in [0, 0.1) is 16.7 Å². The fourth-order valence-electron chi connectivity index (χ4n) is 2.89. The molecule has 1 aromatic carbocycles. The van der Waals surface area contributed by atoms with E-state index >= 15 is 0 Å². The number of nitriles is 1. The van der Waals surface area contributed by atoms with Gasteiger partial charge in [0.15, 0.2) is 0 Å². The Balaban J connectivity index is 2.31. The van der Waals surface area contributed by atoms with Crippen molar-refractivity contribution in [3.63, 3.8) is 0 Å². The van der Waals surface area contributed by atoms with Gasteiger partial charge in [0.2, 0.25) is 5.91 Å². The van der Waals surface area contributed by atoms with Gasteiger partial charge >= 0.3 is 0 Å². The average molecular weight is 272 g/mol.